The molecule has 0 spiro atoms. The molecule has 0 heterocycles. The number of hydrogen-bond donors (Lipinski definition) is 6. The first kappa shape index (κ1) is 32.8. The minimum Gasteiger partial charge on any atom is -0.506 e. The number of carbonyl (C=O) groups excluding carboxylic acids is 1. The predicted molar refractivity (Wildman–Crippen MR) is 157 cm³/mol. The van der Waals surface area contributed by atoms with Crippen LogP contribution < -0.4 is 10.7 Å². The molecule has 0 fully saturated rings. The molecule has 16 nitrogen and oxygen atoms in total. The van der Waals surface area contributed by atoms with Gasteiger partial charge in [-0.05, 0) is 49.4 Å². The summed E-state index contributed by atoms with van der Waals surface area (Å²) in [6.45, 7) is 1.91. The molecule has 0 saturated carbocycles. The lowest BCUT2D eigenvalue weighted by molar-refractivity contribution is -0.115. The lowest BCUT2D eigenvalue weighted by Crippen LogP contribution is -2.37. The number of fused-ring (bicyclic) bond motifs is 1. The predicted octanol–water partition coefficient (Wildman–Crippen LogP) is 2.78. The number of azo groups is 1. The van der Waals surface area contributed by atoms with Crippen LogP contribution in [0.5, 0.6) is 5.75 Å². The van der Waals surface area contributed by atoms with E-state index < -0.39 is 74.1 Å². The Morgan fingerprint density at radius 2 is 1.57 bits per heavy atom. The van der Waals surface area contributed by atoms with Crippen molar-refractivity contribution in [1.29, 1.82) is 0 Å². The van der Waals surface area contributed by atoms with Crippen LogP contribution >= 0.6 is 0 Å². The van der Waals surface area contributed by atoms with Gasteiger partial charge in [0, 0.05) is 18.5 Å². The number of rotatable bonds is 9. The average molecular weight is 668 g/mol. The highest BCUT2D eigenvalue weighted by Crippen LogP contribution is 2.36. The molecule has 19 heteroatoms. The van der Waals surface area contributed by atoms with Crippen LogP contribution in [0.1, 0.15) is 11.1 Å². The van der Waals surface area contributed by atoms with Crippen molar-refractivity contribution in [1.82, 2.24) is 5.32 Å². The van der Waals surface area contributed by atoms with Crippen LogP contribution in [0.4, 0.5) is 17.1 Å². The molecule has 6 N–H and O–H groups in total. The molecule has 0 bridgehead atoms. The molecular weight excluding hydrogens is 643 g/mol. The Hall–Kier alpha value is -4.11. The number of Topliss-reactive ketones (excluding diaryl/α,β-unsaturated/α-hetero) is 1. The van der Waals surface area contributed by atoms with Crippen LogP contribution in [0.2, 0.25) is 0 Å². The number of carbonyl (C=O) groups is 1. The summed E-state index contributed by atoms with van der Waals surface area (Å²) in [7, 11) is -12.7. The smallest absolute Gasteiger partial charge is 0.296 e. The molecule has 2 aliphatic rings. The molecule has 2 aromatic carbocycles. The van der Waals surface area contributed by atoms with E-state index >= 15 is 0 Å². The van der Waals surface area contributed by atoms with Gasteiger partial charge in [0.15, 0.2) is 5.78 Å². The van der Waals surface area contributed by atoms with Gasteiger partial charge < -0.3 is 10.4 Å². The SMILES string of the molecule is CNCc1ccc(S(=O)(=O)O)c(N=Nc2cc(O)c(NN=C3C(=O)C4C=CC(S(=O)(=O)O)=CC4C=C3S(=O)(=O)O)cc2C)c1. The number of ketones is 1. The number of hydrazone groups is 1. The Morgan fingerprint density at radius 3 is 2.18 bits per heavy atom. The Labute approximate surface area is 251 Å². The maximum absolute atomic E-state index is 13.1. The number of phenolic OH excluding ortho intramolecular Hbond substituents is 1. The van der Waals surface area contributed by atoms with Gasteiger partial charge in [-0.1, -0.05) is 24.3 Å². The lowest BCUT2D eigenvalue weighted by Gasteiger charge is -2.27. The molecule has 4 rings (SSSR count). The van der Waals surface area contributed by atoms with Crippen LogP contribution in [0.15, 0.2) is 84.7 Å². The molecular formula is C25H25N5O11S3. The number of aromatic hydroxyl groups is 1. The Kier molecular flexibility index (Phi) is 9.03. The third-order valence-corrected chi connectivity index (χ3v) is 9.13. The van der Waals surface area contributed by atoms with Crippen molar-refractivity contribution >= 4 is 58.9 Å². The minimum absolute atomic E-state index is 0.0740. The maximum Gasteiger partial charge on any atom is 0.296 e. The molecule has 2 atom stereocenters. The standard InChI is InChI=1S/C25H25N5O11S3/c1-13-7-19(21(31)11-18(13)27-29-20-8-14(12-26-2)3-6-22(20)43(36,37)38)28-30-24-23(44(39,40)41)10-15-9-16(42(33,34)35)4-5-17(15)25(24)32/h3-11,15,17,26,28,31H,12H2,1-2H3,(H,33,34,35)(H,36,37,38)(H,39,40,41). The van der Waals surface area contributed by atoms with Crippen LogP contribution in [0.3, 0.4) is 0 Å². The number of aryl methyl sites for hydroxylation is 1. The van der Waals surface area contributed by atoms with Crippen molar-refractivity contribution in [3.63, 3.8) is 0 Å². The molecule has 0 amide bonds. The van der Waals surface area contributed by atoms with E-state index in [1.54, 1.807) is 14.0 Å². The van der Waals surface area contributed by atoms with Gasteiger partial charge >= 0.3 is 0 Å². The summed E-state index contributed by atoms with van der Waals surface area (Å²) in [6.07, 6.45) is 4.00. The van der Waals surface area contributed by atoms with Crippen molar-refractivity contribution in [2.45, 2.75) is 18.4 Å². The van der Waals surface area contributed by atoms with Gasteiger partial charge in [-0.15, -0.1) is 5.11 Å². The molecule has 44 heavy (non-hydrogen) atoms. The summed E-state index contributed by atoms with van der Waals surface area (Å²) in [5, 5.41) is 25.2. The second kappa shape index (κ2) is 12.1. The van der Waals surface area contributed by atoms with E-state index in [9.17, 15) is 48.8 Å². The molecule has 2 aliphatic carbocycles. The average Bonchev–Trinajstić information content (AvgIpc) is 2.91. The van der Waals surface area contributed by atoms with Gasteiger partial charge in [0.2, 0.25) is 0 Å². The van der Waals surface area contributed by atoms with Gasteiger partial charge in [-0.25, -0.2) is 0 Å². The summed E-state index contributed by atoms with van der Waals surface area (Å²) in [6, 6.07) is 6.48. The summed E-state index contributed by atoms with van der Waals surface area (Å²) < 4.78 is 99.4. The third-order valence-electron chi connectivity index (χ3n) is 6.48. The number of nitrogens with one attached hydrogen (secondary N) is 2. The Balaban J connectivity index is 1.68. The highest BCUT2D eigenvalue weighted by molar-refractivity contribution is 7.91. The lowest BCUT2D eigenvalue weighted by atomic mass is 9.79. The Morgan fingerprint density at radius 1 is 0.886 bits per heavy atom. The third kappa shape index (κ3) is 7.16. The van der Waals surface area contributed by atoms with Gasteiger partial charge in [0.05, 0.1) is 22.2 Å². The van der Waals surface area contributed by atoms with Crippen LogP contribution in [-0.4, -0.2) is 62.6 Å². The highest BCUT2D eigenvalue weighted by atomic mass is 32.2. The summed E-state index contributed by atoms with van der Waals surface area (Å²) in [5.41, 5.74) is 2.42. The number of hydrogen-bond acceptors (Lipinski definition) is 13. The summed E-state index contributed by atoms with van der Waals surface area (Å²) >= 11 is 0. The number of nitrogens with zero attached hydrogens (tertiary/aromatic N) is 3. The molecule has 0 aliphatic heterocycles. The zero-order valence-corrected chi connectivity index (χ0v) is 25.2. The second-order valence-corrected chi connectivity index (χ2v) is 13.8. The Bertz CT molecular complexity index is 2030. The van der Waals surface area contributed by atoms with Crippen LogP contribution in [0.25, 0.3) is 0 Å². The van der Waals surface area contributed by atoms with Crippen molar-refractivity contribution < 1.29 is 48.8 Å². The fraction of sp³-hybridized carbons (Fsp3) is 0.200. The fourth-order valence-corrected chi connectivity index (χ4v) is 6.30. The van der Waals surface area contributed by atoms with E-state index in [2.05, 4.69) is 26.1 Å². The van der Waals surface area contributed by atoms with Gasteiger partial charge in [-0.3, -0.25) is 23.9 Å². The van der Waals surface area contributed by atoms with Crippen molar-refractivity contribution in [3.8, 4) is 5.75 Å². The molecule has 0 radical (unpaired) electrons. The topological polar surface area (TPSA) is 262 Å². The highest BCUT2D eigenvalue weighted by Gasteiger charge is 2.41. The van der Waals surface area contributed by atoms with E-state index in [4.69, 9.17) is 0 Å². The summed E-state index contributed by atoms with van der Waals surface area (Å²) in [5.74, 6) is -3.65. The quantitative estimate of drug-likeness (QED) is 0.0974. The van der Waals surface area contributed by atoms with E-state index in [1.165, 1.54) is 24.3 Å². The van der Waals surface area contributed by atoms with E-state index in [-0.39, 0.29) is 17.1 Å². The fourth-order valence-electron chi connectivity index (χ4n) is 4.39. The van der Waals surface area contributed by atoms with Gasteiger partial charge in [0.25, 0.3) is 30.4 Å². The van der Waals surface area contributed by atoms with E-state index in [0.717, 1.165) is 30.4 Å². The molecule has 2 aromatic rings. The zero-order chi connectivity index (χ0) is 32.6. The van der Waals surface area contributed by atoms with Crippen LogP contribution in [-0.2, 0) is 41.7 Å². The molecule has 0 aromatic heterocycles. The zero-order valence-electron chi connectivity index (χ0n) is 22.8. The number of anilines is 1. The first-order chi connectivity index (χ1) is 20.4. The number of phenols is 1. The maximum atomic E-state index is 13.1. The largest absolute Gasteiger partial charge is 0.506 e. The van der Waals surface area contributed by atoms with Crippen molar-refractivity contribution in [2.24, 2.45) is 27.2 Å². The van der Waals surface area contributed by atoms with E-state index in [1.807, 2.05) is 0 Å². The first-order valence-corrected chi connectivity index (χ1v) is 16.7. The van der Waals surface area contributed by atoms with Crippen molar-refractivity contribution in [3.05, 3.63) is 75.6 Å². The minimum atomic E-state index is -5.05. The normalized spacial score (nSPS) is 20.0. The first-order valence-electron chi connectivity index (χ1n) is 12.4. The van der Waals surface area contributed by atoms with Gasteiger partial charge in [0.1, 0.15) is 26.9 Å². The molecule has 2 unspecified atom stereocenters. The van der Waals surface area contributed by atoms with E-state index in [0.29, 0.717) is 17.7 Å². The van der Waals surface area contributed by atoms with Crippen LogP contribution in [0, 0.1) is 18.8 Å². The molecule has 234 valence electrons. The number of benzene rings is 2. The summed E-state index contributed by atoms with van der Waals surface area (Å²) in [4.78, 5) is 11.2. The van der Waals surface area contributed by atoms with Gasteiger partial charge in [-0.2, -0.15) is 35.5 Å². The monoisotopic (exact) mass is 667 g/mol. The number of allylic oxidation sites excluding steroid dienone is 5. The molecule has 0 saturated heterocycles. The van der Waals surface area contributed by atoms with Crippen molar-refractivity contribution in [2.75, 3.05) is 12.5 Å². The second-order valence-electron chi connectivity index (χ2n) is 9.61.